The summed E-state index contributed by atoms with van der Waals surface area (Å²) in [5.74, 6) is -0.258. The third-order valence-electron chi connectivity index (χ3n) is 4.83. The Labute approximate surface area is 166 Å². The molecule has 0 aliphatic carbocycles. The number of rotatable bonds is 3. The number of thiocarbonyl (C=S) groups is 1. The van der Waals surface area contributed by atoms with Gasteiger partial charge in [0.05, 0.1) is 16.4 Å². The molecule has 0 spiro atoms. The van der Waals surface area contributed by atoms with E-state index in [-0.39, 0.29) is 28.4 Å². The number of hydrogen-bond donors (Lipinski definition) is 1. The number of ether oxygens (including phenoxy) is 1. The lowest BCUT2D eigenvalue weighted by atomic mass is 10.0. The number of piperidine rings is 1. The summed E-state index contributed by atoms with van der Waals surface area (Å²) in [6.45, 7) is 0.699. The Morgan fingerprint density at radius 1 is 1.22 bits per heavy atom. The van der Waals surface area contributed by atoms with Gasteiger partial charge in [-0.1, -0.05) is 23.7 Å². The van der Waals surface area contributed by atoms with Gasteiger partial charge in [-0.2, -0.15) is 0 Å². The minimum atomic E-state index is -0.635. The van der Waals surface area contributed by atoms with Gasteiger partial charge in [-0.3, -0.25) is 9.69 Å². The van der Waals surface area contributed by atoms with E-state index in [4.69, 9.17) is 34.3 Å². The Morgan fingerprint density at radius 3 is 2.74 bits per heavy atom. The van der Waals surface area contributed by atoms with Crippen LogP contribution in [0.25, 0.3) is 0 Å². The standard InChI is InChI=1S/C19H17ClFN3O2S/c20-11-9-12(21)15(10-17(11)26-16-7-2-1-5-13(16)22)24-18(25)14-6-3-4-8-23(14)19(24)27/h1-2,5,7,9-10,14H,3-4,6,8,22H2/t14-/m1/s1. The number of benzene rings is 2. The van der Waals surface area contributed by atoms with E-state index in [9.17, 15) is 9.18 Å². The highest BCUT2D eigenvalue weighted by Crippen LogP contribution is 2.39. The van der Waals surface area contributed by atoms with Crippen molar-refractivity contribution in [1.29, 1.82) is 0 Å². The lowest BCUT2D eigenvalue weighted by Gasteiger charge is -2.27. The van der Waals surface area contributed by atoms with Crippen molar-refractivity contribution in [2.24, 2.45) is 0 Å². The zero-order chi connectivity index (χ0) is 19.1. The lowest BCUT2D eigenvalue weighted by molar-refractivity contribution is -0.120. The fourth-order valence-corrected chi connectivity index (χ4v) is 4.07. The molecule has 2 heterocycles. The minimum Gasteiger partial charge on any atom is -0.454 e. The van der Waals surface area contributed by atoms with E-state index in [0.717, 1.165) is 18.9 Å². The van der Waals surface area contributed by atoms with Crippen molar-refractivity contribution in [3.63, 3.8) is 0 Å². The molecule has 2 aromatic carbocycles. The molecule has 2 aliphatic rings. The summed E-state index contributed by atoms with van der Waals surface area (Å²) in [6.07, 6.45) is 2.63. The molecule has 2 aliphatic heterocycles. The minimum absolute atomic E-state index is 0.0355. The number of anilines is 2. The zero-order valence-corrected chi connectivity index (χ0v) is 15.9. The van der Waals surface area contributed by atoms with Gasteiger partial charge in [-0.05, 0) is 49.7 Å². The molecule has 0 bridgehead atoms. The summed E-state index contributed by atoms with van der Waals surface area (Å²) in [5, 5.41) is 0.394. The largest absolute Gasteiger partial charge is 0.454 e. The van der Waals surface area contributed by atoms with Crippen molar-refractivity contribution in [3.05, 3.63) is 47.2 Å². The molecule has 2 saturated heterocycles. The number of nitrogens with zero attached hydrogens (tertiary/aromatic N) is 2. The molecule has 2 fully saturated rings. The molecule has 27 heavy (non-hydrogen) atoms. The van der Waals surface area contributed by atoms with E-state index < -0.39 is 5.82 Å². The second kappa shape index (κ2) is 6.98. The summed E-state index contributed by atoms with van der Waals surface area (Å²) in [6, 6.07) is 9.10. The van der Waals surface area contributed by atoms with E-state index in [2.05, 4.69) is 0 Å². The van der Waals surface area contributed by atoms with Gasteiger partial charge in [-0.25, -0.2) is 4.39 Å². The first kappa shape index (κ1) is 18.0. The molecular formula is C19H17ClFN3O2S. The number of halogens is 2. The molecular weight excluding hydrogens is 389 g/mol. The van der Waals surface area contributed by atoms with E-state index in [1.165, 1.54) is 11.0 Å². The molecule has 8 heteroatoms. The van der Waals surface area contributed by atoms with Gasteiger partial charge in [-0.15, -0.1) is 0 Å². The molecule has 4 rings (SSSR count). The fourth-order valence-electron chi connectivity index (χ4n) is 3.47. The highest BCUT2D eigenvalue weighted by atomic mass is 35.5. The quantitative estimate of drug-likeness (QED) is 0.608. The average molecular weight is 406 g/mol. The van der Waals surface area contributed by atoms with Crippen molar-refractivity contribution >= 4 is 46.2 Å². The maximum Gasteiger partial charge on any atom is 0.256 e. The summed E-state index contributed by atoms with van der Waals surface area (Å²) in [5.41, 5.74) is 6.35. The Morgan fingerprint density at radius 2 is 2.00 bits per heavy atom. The van der Waals surface area contributed by atoms with Gasteiger partial charge < -0.3 is 15.4 Å². The van der Waals surface area contributed by atoms with E-state index >= 15 is 0 Å². The highest BCUT2D eigenvalue weighted by molar-refractivity contribution is 7.80. The van der Waals surface area contributed by atoms with Gasteiger partial charge in [0.1, 0.15) is 23.4 Å². The van der Waals surface area contributed by atoms with Crippen LogP contribution in [0.3, 0.4) is 0 Å². The molecule has 0 unspecified atom stereocenters. The number of carbonyl (C=O) groups is 1. The Bertz CT molecular complexity index is 915. The third-order valence-corrected chi connectivity index (χ3v) is 5.54. The van der Waals surface area contributed by atoms with Crippen LogP contribution in [-0.4, -0.2) is 28.5 Å². The molecule has 0 radical (unpaired) electrons. The Kier molecular flexibility index (Phi) is 4.65. The second-order valence-corrected chi connectivity index (χ2v) is 7.31. The molecule has 2 N–H and O–H groups in total. The second-order valence-electron chi connectivity index (χ2n) is 6.54. The Balaban J connectivity index is 1.72. The van der Waals surface area contributed by atoms with Crippen molar-refractivity contribution in [2.75, 3.05) is 17.2 Å². The fraction of sp³-hybridized carbons (Fsp3) is 0.263. The van der Waals surface area contributed by atoms with Crippen LogP contribution in [0.4, 0.5) is 15.8 Å². The van der Waals surface area contributed by atoms with Gasteiger partial charge >= 0.3 is 0 Å². The third kappa shape index (κ3) is 3.11. The van der Waals surface area contributed by atoms with Crippen LogP contribution in [0, 0.1) is 5.82 Å². The predicted molar refractivity (Wildman–Crippen MR) is 107 cm³/mol. The van der Waals surface area contributed by atoms with Crippen LogP contribution >= 0.6 is 23.8 Å². The number of para-hydroxylation sites is 2. The molecule has 5 nitrogen and oxygen atoms in total. The first-order valence-corrected chi connectivity index (χ1v) is 9.42. The molecule has 2 aromatic rings. The predicted octanol–water partition coefficient (Wildman–Crippen LogP) is 4.34. The van der Waals surface area contributed by atoms with Crippen LogP contribution in [0.2, 0.25) is 5.02 Å². The van der Waals surface area contributed by atoms with Crippen LogP contribution in [-0.2, 0) is 4.79 Å². The molecule has 0 saturated carbocycles. The van der Waals surface area contributed by atoms with Crippen molar-refractivity contribution in [1.82, 2.24) is 4.90 Å². The number of amides is 1. The van der Waals surface area contributed by atoms with Crippen molar-refractivity contribution in [3.8, 4) is 11.5 Å². The summed E-state index contributed by atoms with van der Waals surface area (Å²) in [4.78, 5) is 16.0. The Hall–Kier alpha value is -2.38. The number of carbonyl (C=O) groups excluding carboxylic acids is 1. The molecule has 140 valence electrons. The van der Waals surface area contributed by atoms with Crippen LogP contribution in [0.5, 0.6) is 11.5 Å². The van der Waals surface area contributed by atoms with Crippen molar-refractivity contribution in [2.45, 2.75) is 25.3 Å². The lowest BCUT2D eigenvalue weighted by Crippen LogP contribution is -2.38. The molecule has 0 aromatic heterocycles. The van der Waals surface area contributed by atoms with E-state index in [1.807, 2.05) is 4.90 Å². The first-order chi connectivity index (χ1) is 13.0. The normalized spacial score (nSPS) is 19.4. The smallest absolute Gasteiger partial charge is 0.256 e. The van der Waals surface area contributed by atoms with E-state index in [0.29, 0.717) is 29.5 Å². The zero-order valence-electron chi connectivity index (χ0n) is 14.3. The first-order valence-electron chi connectivity index (χ1n) is 8.63. The summed E-state index contributed by atoms with van der Waals surface area (Å²) < 4.78 is 20.5. The van der Waals surface area contributed by atoms with E-state index in [1.54, 1.807) is 24.3 Å². The average Bonchev–Trinajstić information content (AvgIpc) is 2.91. The molecule has 1 amide bonds. The number of nitrogen functional groups attached to an aromatic ring is 1. The van der Waals surface area contributed by atoms with Gasteiger partial charge in [0.15, 0.2) is 5.11 Å². The molecule has 1 atom stereocenters. The van der Waals surface area contributed by atoms with Crippen molar-refractivity contribution < 1.29 is 13.9 Å². The SMILES string of the molecule is Nc1ccccc1Oc1cc(N2C(=O)[C@H]3CCCCN3C2=S)c(F)cc1Cl. The maximum atomic E-state index is 14.7. The number of nitrogens with two attached hydrogens (primary N) is 1. The summed E-state index contributed by atoms with van der Waals surface area (Å²) >= 11 is 11.6. The van der Waals surface area contributed by atoms with Crippen LogP contribution in [0.15, 0.2) is 36.4 Å². The van der Waals surface area contributed by atoms with Crippen LogP contribution in [0.1, 0.15) is 19.3 Å². The monoisotopic (exact) mass is 405 g/mol. The van der Waals surface area contributed by atoms with Gasteiger partial charge in [0.25, 0.3) is 5.91 Å². The van der Waals surface area contributed by atoms with Gasteiger partial charge in [0.2, 0.25) is 0 Å². The highest BCUT2D eigenvalue weighted by Gasteiger charge is 2.45. The number of fused-ring (bicyclic) bond motifs is 1. The number of hydrogen-bond acceptors (Lipinski definition) is 4. The topological polar surface area (TPSA) is 58.8 Å². The maximum absolute atomic E-state index is 14.7. The van der Waals surface area contributed by atoms with Crippen LogP contribution < -0.4 is 15.4 Å². The van der Waals surface area contributed by atoms with Gasteiger partial charge in [0, 0.05) is 12.6 Å². The summed E-state index contributed by atoms with van der Waals surface area (Å²) in [7, 11) is 0.